The zero-order valence-electron chi connectivity index (χ0n) is 20.0. The second-order valence-electron chi connectivity index (χ2n) is 7.95. The van der Waals surface area contributed by atoms with Crippen LogP contribution in [-0.4, -0.2) is 35.1 Å². The first-order valence-corrected chi connectivity index (χ1v) is 12.3. The van der Waals surface area contributed by atoms with Gasteiger partial charge in [0, 0.05) is 0 Å². The SMILES string of the molecule is COc1ccc(C(C)NC(=O)CN(c2cccc(C)c2C)S(=O)(=O)c2ccccc2)cc1OC. The molecule has 0 heterocycles. The first kappa shape index (κ1) is 25.1. The van der Waals surface area contributed by atoms with E-state index in [1.807, 2.05) is 32.9 Å². The molecule has 0 aliphatic rings. The van der Waals surface area contributed by atoms with Crippen LogP contribution in [0.15, 0.2) is 71.6 Å². The van der Waals surface area contributed by atoms with E-state index in [2.05, 4.69) is 5.32 Å². The molecule has 0 bridgehead atoms. The Morgan fingerprint density at radius 2 is 1.62 bits per heavy atom. The Morgan fingerprint density at radius 3 is 2.26 bits per heavy atom. The Morgan fingerprint density at radius 1 is 0.941 bits per heavy atom. The average molecular weight is 483 g/mol. The molecule has 1 N–H and O–H groups in total. The van der Waals surface area contributed by atoms with Crippen LogP contribution < -0.4 is 19.1 Å². The van der Waals surface area contributed by atoms with E-state index < -0.39 is 15.9 Å². The average Bonchev–Trinajstić information content (AvgIpc) is 2.84. The number of rotatable bonds is 9. The van der Waals surface area contributed by atoms with Crippen molar-refractivity contribution in [3.05, 3.63) is 83.4 Å². The number of benzene rings is 3. The van der Waals surface area contributed by atoms with Crippen molar-refractivity contribution >= 4 is 21.6 Å². The molecular formula is C26H30N2O5S. The number of ether oxygens (including phenoxy) is 2. The zero-order chi connectivity index (χ0) is 24.9. The van der Waals surface area contributed by atoms with Gasteiger partial charge in [-0.3, -0.25) is 9.10 Å². The third-order valence-electron chi connectivity index (χ3n) is 5.75. The van der Waals surface area contributed by atoms with Crippen LogP contribution in [0.5, 0.6) is 11.5 Å². The highest BCUT2D eigenvalue weighted by Crippen LogP contribution is 2.31. The van der Waals surface area contributed by atoms with Gasteiger partial charge in [0.1, 0.15) is 6.54 Å². The number of hydrogen-bond acceptors (Lipinski definition) is 5. The summed E-state index contributed by atoms with van der Waals surface area (Å²) < 4.78 is 38.9. The van der Waals surface area contributed by atoms with Crippen molar-refractivity contribution in [2.45, 2.75) is 31.7 Å². The van der Waals surface area contributed by atoms with Crippen LogP contribution in [0.1, 0.15) is 29.7 Å². The Balaban J connectivity index is 1.91. The largest absolute Gasteiger partial charge is 0.493 e. The van der Waals surface area contributed by atoms with E-state index in [1.54, 1.807) is 56.7 Å². The summed E-state index contributed by atoms with van der Waals surface area (Å²) in [5, 5.41) is 2.90. The highest BCUT2D eigenvalue weighted by atomic mass is 32.2. The van der Waals surface area contributed by atoms with E-state index >= 15 is 0 Å². The van der Waals surface area contributed by atoms with Gasteiger partial charge in [-0.25, -0.2) is 8.42 Å². The van der Waals surface area contributed by atoms with Crippen LogP contribution >= 0.6 is 0 Å². The van der Waals surface area contributed by atoms with Crippen molar-refractivity contribution in [2.24, 2.45) is 0 Å². The molecule has 34 heavy (non-hydrogen) atoms. The number of methoxy groups -OCH3 is 2. The molecule has 0 radical (unpaired) electrons. The molecule has 3 rings (SSSR count). The van der Waals surface area contributed by atoms with Crippen LogP contribution in [-0.2, 0) is 14.8 Å². The highest BCUT2D eigenvalue weighted by Gasteiger charge is 2.29. The molecule has 8 heteroatoms. The number of carbonyl (C=O) groups excluding carboxylic acids is 1. The van der Waals surface area contributed by atoms with E-state index in [-0.39, 0.29) is 17.5 Å². The number of amides is 1. The summed E-state index contributed by atoms with van der Waals surface area (Å²) >= 11 is 0. The summed E-state index contributed by atoms with van der Waals surface area (Å²) in [5.74, 6) is 0.701. The number of hydrogen-bond donors (Lipinski definition) is 1. The van der Waals surface area contributed by atoms with Crippen molar-refractivity contribution in [1.29, 1.82) is 0 Å². The first-order chi connectivity index (χ1) is 16.2. The molecule has 0 spiro atoms. The molecule has 1 unspecified atom stereocenters. The number of nitrogens with one attached hydrogen (secondary N) is 1. The third-order valence-corrected chi connectivity index (χ3v) is 7.52. The van der Waals surface area contributed by atoms with E-state index in [0.29, 0.717) is 17.2 Å². The summed E-state index contributed by atoms with van der Waals surface area (Å²) in [6.45, 7) is 5.22. The minimum Gasteiger partial charge on any atom is -0.493 e. The molecule has 1 atom stereocenters. The molecule has 0 aliphatic carbocycles. The Labute approximate surface area is 201 Å². The predicted molar refractivity (Wildman–Crippen MR) is 133 cm³/mol. The van der Waals surface area contributed by atoms with Gasteiger partial charge in [0.2, 0.25) is 5.91 Å². The Kier molecular flexibility index (Phi) is 7.83. The second-order valence-corrected chi connectivity index (χ2v) is 9.81. The fourth-order valence-corrected chi connectivity index (χ4v) is 5.15. The minimum absolute atomic E-state index is 0.122. The van der Waals surface area contributed by atoms with Gasteiger partial charge in [0.15, 0.2) is 11.5 Å². The smallest absolute Gasteiger partial charge is 0.264 e. The van der Waals surface area contributed by atoms with Crippen molar-refractivity contribution in [2.75, 3.05) is 25.1 Å². The van der Waals surface area contributed by atoms with Crippen LogP contribution in [0.2, 0.25) is 0 Å². The quantitative estimate of drug-likeness (QED) is 0.489. The Hall–Kier alpha value is -3.52. The lowest BCUT2D eigenvalue weighted by Crippen LogP contribution is -2.42. The van der Waals surface area contributed by atoms with Gasteiger partial charge >= 0.3 is 0 Å². The highest BCUT2D eigenvalue weighted by molar-refractivity contribution is 7.92. The van der Waals surface area contributed by atoms with E-state index in [4.69, 9.17) is 9.47 Å². The van der Waals surface area contributed by atoms with Crippen molar-refractivity contribution in [3.8, 4) is 11.5 Å². The fraction of sp³-hybridized carbons (Fsp3) is 0.269. The van der Waals surface area contributed by atoms with Gasteiger partial charge in [0.05, 0.1) is 30.8 Å². The molecule has 0 saturated heterocycles. The van der Waals surface area contributed by atoms with Crippen LogP contribution in [0.25, 0.3) is 0 Å². The number of carbonyl (C=O) groups is 1. The molecule has 0 saturated carbocycles. The standard InChI is InChI=1S/C26H30N2O5S/c1-18-10-9-13-23(19(18)2)28(34(30,31)22-11-7-6-8-12-22)17-26(29)27-20(3)21-14-15-24(32-4)25(16-21)33-5/h6-16,20H,17H2,1-5H3,(H,27,29). The van der Waals surface area contributed by atoms with Crippen LogP contribution in [0.4, 0.5) is 5.69 Å². The number of aryl methyl sites for hydroxylation is 1. The predicted octanol–water partition coefficient (Wildman–Crippen LogP) is 4.39. The fourth-order valence-electron chi connectivity index (χ4n) is 3.65. The van der Waals surface area contributed by atoms with Gasteiger partial charge < -0.3 is 14.8 Å². The van der Waals surface area contributed by atoms with Crippen molar-refractivity contribution in [3.63, 3.8) is 0 Å². The molecular weight excluding hydrogens is 452 g/mol. The molecule has 0 aromatic heterocycles. The molecule has 3 aromatic carbocycles. The number of sulfonamides is 1. The Bertz CT molecular complexity index is 1260. The molecule has 180 valence electrons. The van der Waals surface area contributed by atoms with E-state index in [9.17, 15) is 13.2 Å². The topological polar surface area (TPSA) is 84.9 Å². The third kappa shape index (κ3) is 5.34. The lowest BCUT2D eigenvalue weighted by Gasteiger charge is -2.27. The number of anilines is 1. The van der Waals surface area contributed by atoms with Crippen molar-refractivity contribution < 1.29 is 22.7 Å². The summed E-state index contributed by atoms with van der Waals surface area (Å²) in [6.07, 6.45) is 0. The summed E-state index contributed by atoms with van der Waals surface area (Å²) in [4.78, 5) is 13.2. The molecule has 3 aromatic rings. The summed E-state index contributed by atoms with van der Waals surface area (Å²) in [6, 6.07) is 18.5. The lowest BCUT2D eigenvalue weighted by atomic mass is 10.1. The molecule has 1 amide bonds. The maximum Gasteiger partial charge on any atom is 0.264 e. The van der Waals surface area contributed by atoms with E-state index in [1.165, 1.54) is 16.4 Å². The zero-order valence-corrected chi connectivity index (χ0v) is 20.8. The molecule has 0 aliphatic heterocycles. The van der Waals surface area contributed by atoms with Crippen LogP contribution in [0.3, 0.4) is 0 Å². The normalized spacial score (nSPS) is 12.0. The summed E-state index contributed by atoms with van der Waals surface area (Å²) in [5.41, 5.74) is 3.00. The van der Waals surface area contributed by atoms with Crippen LogP contribution in [0, 0.1) is 13.8 Å². The molecule has 0 fully saturated rings. The van der Waals surface area contributed by atoms with Gasteiger partial charge in [-0.05, 0) is 67.8 Å². The number of nitrogens with zero attached hydrogens (tertiary/aromatic N) is 1. The first-order valence-electron chi connectivity index (χ1n) is 10.8. The lowest BCUT2D eigenvalue weighted by molar-refractivity contribution is -0.120. The monoisotopic (exact) mass is 482 g/mol. The maximum atomic E-state index is 13.6. The van der Waals surface area contributed by atoms with Crippen molar-refractivity contribution in [1.82, 2.24) is 5.32 Å². The minimum atomic E-state index is -3.97. The van der Waals surface area contributed by atoms with Gasteiger partial charge in [-0.15, -0.1) is 0 Å². The van der Waals surface area contributed by atoms with E-state index in [0.717, 1.165) is 16.7 Å². The van der Waals surface area contributed by atoms with Gasteiger partial charge in [0.25, 0.3) is 10.0 Å². The molecule has 7 nitrogen and oxygen atoms in total. The van der Waals surface area contributed by atoms with Gasteiger partial charge in [-0.2, -0.15) is 0 Å². The van der Waals surface area contributed by atoms with Gasteiger partial charge in [-0.1, -0.05) is 36.4 Å². The maximum absolute atomic E-state index is 13.6. The summed E-state index contributed by atoms with van der Waals surface area (Å²) in [7, 11) is -0.876. The second kappa shape index (κ2) is 10.6.